The van der Waals surface area contributed by atoms with Crippen LogP contribution in [0.25, 0.3) is 16.8 Å². The highest BCUT2D eigenvalue weighted by Gasteiger charge is 2.12. The minimum atomic E-state index is -2.92. The van der Waals surface area contributed by atoms with E-state index in [4.69, 9.17) is 4.74 Å². The zero-order valence-electron chi connectivity index (χ0n) is 14.1. The van der Waals surface area contributed by atoms with Gasteiger partial charge in [0.15, 0.2) is 0 Å². The maximum absolute atomic E-state index is 12.4. The van der Waals surface area contributed by atoms with Gasteiger partial charge in [-0.2, -0.15) is 13.9 Å². The first-order chi connectivity index (χ1) is 13.2. The summed E-state index contributed by atoms with van der Waals surface area (Å²) in [6.07, 6.45) is 3.08. The van der Waals surface area contributed by atoms with Gasteiger partial charge < -0.3 is 9.47 Å². The molecular formula is C20H15F2N3O2. The topological polar surface area (TPSA) is 48.7 Å². The first-order valence-corrected chi connectivity index (χ1v) is 8.25. The van der Waals surface area contributed by atoms with Gasteiger partial charge in [-0.1, -0.05) is 30.3 Å². The Morgan fingerprint density at radius 2 is 1.81 bits per heavy atom. The van der Waals surface area contributed by atoms with Crippen LogP contribution in [-0.2, 0) is 6.61 Å². The average molecular weight is 367 g/mol. The maximum atomic E-state index is 12.4. The molecule has 0 atom stereocenters. The summed E-state index contributed by atoms with van der Waals surface area (Å²) in [6, 6.07) is 18.5. The molecule has 0 bridgehead atoms. The summed E-state index contributed by atoms with van der Waals surface area (Å²) in [7, 11) is 0. The molecule has 3 heterocycles. The quantitative estimate of drug-likeness (QED) is 0.501. The number of benzene rings is 1. The predicted molar refractivity (Wildman–Crippen MR) is 95.8 cm³/mol. The number of ether oxygens (including phenoxy) is 2. The molecule has 0 saturated heterocycles. The normalized spacial score (nSPS) is 11.1. The summed E-state index contributed by atoms with van der Waals surface area (Å²) in [5.74, 6) is 0.533. The largest absolute Gasteiger partial charge is 0.487 e. The van der Waals surface area contributed by atoms with Gasteiger partial charge in [0.05, 0.1) is 11.9 Å². The molecule has 0 aliphatic carbocycles. The lowest BCUT2D eigenvalue weighted by molar-refractivity contribution is -0.0528. The van der Waals surface area contributed by atoms with E-state index in [2.05, 4.69) is 14.8 Å². The third-order valence-corrected chi connectivity index (χ3v) is 3.99. The summed E-state index contributed by atoms with van der Waals surface area (Å²) < 4.78 is 36.9. The van der Waals surface area contributed by atoms with E-state index in [0.717, 1.165) is 11.1 Å². The van der Waals surface area contributed by atoms with Gasteiger partial charge in [-0.3, -0.25) is 0 Å². The second-order valence-corrected chi connectivity index (χ2v) is 5.75. The van der Waals surface area contributed by atoms with Crippen LogP contribution in [0.3, 0.4) is 0 Å². The molecule has 0 radical (unpaired) electrons. The van der Waals surface area contributed by atoms with Crippen LogP contribution in [0, 0.1) is 0 Å². The van der Waals surface area contributed by atoms with Crippen molar-refractivity contribution in [3.63, 3.8) is 0 Å². The smallest absolute Gasteiger partial charge is 0.388 e. The van der Waals surface area contributed by atoms with E-state index in [1.807, 2.05) is 48.5 Å². The standard InChI is InChI=1S/C20H15F2N3O2/c21-20(22)27-19-12-15(8-10-23-19)16-6-7-18(17-9-11-24-25(16)17)26-13-14-4-2-1-3-5-14/h1-12,20H,13H2. The minimum Gasteiger partial charge on any atom is -0.487 e. The highest BCUT2D eigenvalue weighted by Crippen LogP contribution is 2.29. The van der Waals surface area contributed by atoms with Crippen LogP contribution in [-0.4, -0.2) is 21.2 Å². The van der Waals surface area contributed by atoms with Gasteiger partial charge in [-0.05, 0) is 29.8 Å². The van der Waals surface area contributed by atoms with Gasteiger partial charge in [-0.15, -0.1) is 0 Å². The Hall–Kier alpha value is -3.48. The molecule has 0 aliphatic heterocycles. The fourth-order valence-corrected chi connectivity index (χ4v) is 2.79. The Labute approximate surface area is 153 Å². The van der Waals surface area contributed by atoms with Gasteiger partial charge in [0.2, 0.25) is 5.88 Å². The second-order valence-electron chi connectivity index (χ2n) is 5.75. The van der Waals surface area contributed by atoms with Gasteiger partial charge in [0.25, 0.3) is 0 Å². The molecule has 27 heavy (non-hydrogen) atoms. The summed E-state index contributed by atoms with van der Waals surface area (Å²) in [5.41, 5.74) is 3.20. The summed E-state index contributed by atoms with van der Waals surface area (Å²) in [6.45, 7) is -2.49. The Bertz CT molecular complexity index is 1050. The third-order valence-electron chi connectivity index (χ3n) is 3.99. The summed E-state index contributed by atoms with van der Waals surface area (Å²) >= 11 is 0. The van der Waals surface area contributed by atoms with Crippen LogP contribution in [0.1, 0.15) is 5.56 Å². The highest BCUT2D eigenvalue weighted by atomic mass is 19.3. The molecule has 0 N–H and O–H groups in total. The molecule has 4 rings (SSSR count). The molecule has 0 aliphatic rings. The number of hydrogen-bond donors (Lipinski definition) is 0. The average Bonchev–Trinajstić information content (AvgIpc) is 3.17. The summed E-state index contributed by atoms with van der Waals surface area (Å²) in [5, 5.41) is 4.33. The minimum absolute atomic E-state index is 0.146. The number of rotatable bonds is 6. The van der Waals surface area contributed by atoms with Gasteiger partial charge in [-0.25, -0.2) is 9.50 Å². The van der Waals surface area contributed by atoms with Crippen molar-refractivity contribution in [2.24, 2.45) is 0 Å². The van der Waals surface area contributed by atoms with Gasteiger partial charge in [0.1, 0.15) is 17.9 Å². The number of fused-ring (bicyclic) bond motifs is 1. The molecule has 1 aromatic carbocycles. The number of alkyl halides is 2. The zero-order chi connectivity index (χ0) is 18.6. The van der Waals surface area contributed by atoms with E-state index < -0.39 is 6.61 Å². The lowest BCUT2D eigenvalue weighted by Crippen LogP contribution is -2.04. The molecule has 136 valence electrons. The molecule has 7 heteroatoms. The van der Waals surface area contributed by atoms with E-state index in [1.165, 1.54) is 12.3 Å². The van der Waals surface area contributed by atoms with Crippen LogP contribution >= 0.6 is 0 Å². The van der Waals surface area contributed by atoms with Crippen LogP contribution < -0.4 is 9.47 Å². The van der Waals surface area contributed by atoms with Crippen LogP contribution in [0.5, 0.6) is 11.6 Å². The number of pyridine rings is 2. The van der Waals surface area contributed by atoms with Crippen LogP contribution in [0.4, 0.5) is 8.78 Å². The number of halogens is 2. The van der Waals surface area contributed by atoms with Crippen molar-refractivity contribution in [3.05, 3.63) is 78.6 Å². The van der Waals surface area contributed by atoms with Gasteiger partial charge in [0, 0.05) is 17.8 Å². The predicted octanol–water partition coefficient (Wildman–Crippen LogP) is 4.58. The van der Waals surface area contributed by atoms with Gasteiger partial charge >= 0.3 is 6.61 Å². The third kappa shape index (κ3) is 3.72. The van der Waals surface area contributed by atoms with Crippen molar-refractivity contribution < 1.29 is 18.3 Å². The molecule has 0 spiro atoms. The number of nitrogens with zero attached hydrogens (tertiary/aromatic N) is 3. The van der Waals surface area contributed by atoms with Crippen molar-refractivity contribution in [2.75, 3.05) is 0 Å². The monoisotopic (exact) mass is 367 g/mol. The Morgan fingerprint density at radius 1 is 0.963 bits per heavy atom. The SMILES string of the molecule is FC(F)Oc1cc(-c2ccc(OCc3ccccc3)c3ccnn23)ccn1. The highest BCUT2D eigenvalue weighted by molar-refractivity contribution is 5.69. The Kier molecular flexibility index (Phi) is 4.65. The van der Waals surface area contributed by atoms with Crippen molar-refractivity contribution in [3.8, 4) is 22.9 Å². The molecular weight excluding hydrogens is 352 g/mol. The summed E-state index contributed by atoms with van der Waals surface area (Å²) in [4.78, 5) is 3.80. The first-order valence-electron chi connectivity index (χ1n) is 8.25. The zero-order valence-corrected chi connectivity index (χ0v) is 14.1. The van der Waals surface area contributed by atoms with E-state index in [-0.39, 0.29) is 5.88 Å². The van der Waals surface area contributed by atoms with E-state index in [9.17, 15) is 8.78 Å². The van der Waals surface area contributed by atoms with E-state index >= 15 is 0 Å². The van der Waals surface area contributed by atoms with Crippen molar-refractivity contribution in [2.45, 2.75) is 13.2 Å². The maximum Gasteiger partial charge on any atom is 0.388 e. The molecule has 0 unspecified atom stereocenters. The van der Waals surface area contributed by atoms with E-state index in [1.54, 1.807) is 16.8 Å². The fraction of sp³-hybridized carbons (Fsp3) is 0.100. The fourth-order valence-electron chi connectivity index (χ4n) is 2.79. The number of hydrogen-bond acceptors (Lipinski definition) is 4. The Balaban J connectivity index is 1.65. The van der Waals surface area contributed by atoms with Crippen molar-refractivity contribution in [1.29, 1.82) is 0 Å². The van der Waals surface area contributed by atoms with Crippen molar-refractivity contribution in [1.82, 2.24) is 14.6 Å². The molecule has 5 nitrogen and oxygen atoms in total. The van der Waals surface area contributed by atoms with Crippen LogP contribution in [0.15, 0.2) is 73.1 Å². The van der Waals surface area contributed by atoms with Crippen LogP contribution in [0.2, 0.25) is 0 Å². The Morgan fingerprint density at radius 3 is 2.63 bits per heavy atom. The molecule has 4 aromatic rings. The first kappa shape index (κ1) is 17.0. The molecule has 0 amide bonds. The van der Waals surface area contributed by atoms with Crippen molar-refractivity contribution >= 4 is 5.52 Å². The number of aromatic nitrogens is 3. The molecule has 3 aromatic heterocycles. The van der Waals surface area contributed by atoms with E-state index in [0.29, 0.717) is 23.6 Å². The molecule has 0 saturated carbocycles. The lowest BCUT2D eigenvalue weighted by atomic mass is 10.1. The second kappa shape index (κ2) is 7.41. The lowest BCUT2D eigenvalue weighted by Gasteiger charge is -2.12. The molecule has 0 fully saturated rings.